The molecule has 0 saturated heterocycles. The molecule has 0 saturated carbocycles. The van der Waals surface area contributed by atoms with Crippen molar-refractivity contribution in [2.45, 2.75) is 19.9 Å². The molecule has 21 heavy (non-hydrogen) atoms. The van der Waals surface area contributed by atoms with Crippen molar-refractivity contribution in [3.05, 3.63) is 64.1 Å². The Labute approximate surface area is 133 Å². The summed E-state index contributed by atoms with van der Waals surface area (Å²) in [6, 6.07) is 16.0. The number of nitrogens with one attached hydrogen (secondary N) is 2. The summed E-state index contributed by atoms with van der Waals surface area (Å²) in [4.78, 5) is 11.7. The van der Waals surface area contributed by atoms with E-state index in [0.717, 1.165) is 10.2 Å². The number of hydrogen-bond acceptors (Lipinski definition) is 2. The zero-order chi connectivity index (χ0) is 15.2. The molecule has 3 nitrogen and oxygen atoms in total. The van der Waals surface area contributed by atoms with Crippen LogP contribution >= 0.6 is 15.9 Å². The van der Waals surface area contributed by atoms with Gasteiger partial charge in [-0.05, 0) is 55.8 Å². The van der Waals surface area contributed by atoms with Crippen molar-refractivity contribution in [3.63, 3.8) is 0 Å². The van der Waals surface area contributed by atoms with Gasteiger partial charge in [0.1, 0.15) is 0 Å². The Morgan fingerprint density at radius 1 is 1.10 bits per heavy atom. The molecule has 1 amide bonds. The predicted molar refractivity (Wildman–Crippen MR) is 90.6 cm³/mol. The van der Waals surface area contributed by atoms with Crippen LogP contribution in [0.2, 0.25) is 0 Å². The van der Waals surface area contributed by atoms with Crippen molar-refractivity contribution in [2.75, 3.05) is 11.9 Å². The molecule has 0 aliphatic carbocycles. The maximum absolute atomic E-state index is 11.7. The molecule has 0 bridgehead atoms. The van der Waals surface area contributed by atoms with Crippen LogP contribution in [0.3, 0.4) is 0 Å². The molecule has 1 atom stereocenters. The normalized spacial score (nSPS) is 11.8. The van der Waals surface area contributed by atoms with Gasteiger partial charge in [0.05, 0.1) is 0 Å². The van der Waals surface area contributed by atoms with Gasteiger partial charge in [0.25, 0.3) is 5.91 Å². The third-order valence-corrected chi connectivity index (χ3v) is 3.77. The highest BCUT2D eigenvalue weighted by Crippen LogP contribution is 2.21. The van der Waals surface area contributed by atoms with Gasteiger partial charge in [0, 0.05) is 28.3 Å². The molecule has 1 unspecified atom stereocenters. The van der Waals surface area contributed by atoms with E-state index >= 15 is 0 Å². The van der Waals surface area contributed by atoms with E-state index in [4.69, 9.17) is 0 Å². The summed E-state index contributed by atoms with van der Waals surface area (Å²) >= 11 is 3.44. The largest absolute Gasteiger partial charge is 0.379 e. The van der Waals surface area contributed by atoms with Gasteiger partial charge in [-0.1, -0.05) is 28.1 Å². The summed E-state index contributed by atoms with van der Waals surface area (Å²) in [5, 5.41) is 6.22. The lowest BCUT2D eigenvalue weighted by Crippen LogP contribution is -2.22. The minimum atomic E-state index is -0.0370. The van der Waals surface area contributed by atoms with Gasteiger partial charge in [-0.2, -0.15) is 0 Å². The topological polar surface area (TPSA) is 41.1 Å². The summed E-state index contributed by atoms with van der Waals surface area (Å²) in [6.07, 6.45) is 0. The van der Waals surface area contributed by atoms with Gasteiger partial charge in [-0.25, -0.2) is 0 Å². The Bertz CT molecular complexity index is 593. The first-order valence-corrected chi connectivity index (χ1v) is 7.79. The second kappa shape index (κ2) is 7.27. The van der Waals surface area contributed by atoms with E-state index in [1.165, 1.54) is 5.56 Å². The van der Waals surface area contributed by atoms with Gasteiger partial charge in [0.2, 0.25) is 0 Å². The number of hydrogen-bond donors (Lipinski definition) is 2. The lowest BCUT2D eigenvalue weighted by molar-refractivity contribution is 0.0956. The molecule has 110 valence electrons. The Morgan fingerprint density at radius 2 is 1.71 bits per heavy atom. The summed E-state index contributed by atoms with van der Waals surface area (Å²) in [5.41, 5.74) is 2.89. The molecule has 0 aliphatic heterocycles. The van der Waals surface area contributed by atoms with Crippen LogP contribution in [0.15, 0.2) is 53.0 Å². The molecule has 2 aromatic carbocycles. The third-order valence-electron chi connectivity index (χ3n) is 3.24. The van der Waals surface area contributed by atoms with Crippen molar-refractivity contribution in [1.82, 2.24) is 5.32 Å². The van der Waals surface area contributed by atoms with Crippen LogP contribution in [0.1, 0.15) is 35.8 Å². The Hall–Kier alpha value is -1.81. The van der Waals surface area contributed by atoms with E-state index in [9.17, 15) is 4.79 Å². The lowest BCUT2D eigenvalue weighted by atomic mass is 10.1. The highest BCUT2D eigenvalue weighted by molar-refractivity contribution is 9.10. The molecule has 0 heterocycles. The van der Waals surface area contributed by atoms with Gasteiger partial charge in [-0.3, -0.25) is 4.79 Å². The minimum Gasteiger partial charge on any atom is -0.379 e. The number of anilines is 1. The van der Waals surface area contributed by atoms with Crippen LogP contribution in [-0.4, -0.2) is 12.5 Å². The highest BCUT2D eigenvalue weighted by Gasteiger charge is 2.07. The zero-order valence-electron chi connectivity index (χ0n) is 12.2. The fourth-order valence-electron chi connectivity index (χ4n) is 2.07. The van der Waals surface area contributed by atoms with E-state index in [0.29, 0.717) is 12.1 Å². The van der Waals surface area contributed by atoms with Crippen LogP contribution in [-0.2, 0) is 0 Å². The molecule has 0 aliphatic rings. The van der Waals surface area contributed by atoms with E-state index in [1.54, 1.807) is 0 Å². The third kappa shape index (κ3) is 4.33. The van der Waals surface area contributed by atoms with Crippen LogP contribution in [0.4, 0.5) is 5.69 Å². The molecular weight excluding hydrogens is 328 g/mol. The summed E-state index contributed by atoms with van der Waals surface area (Å²) in [6.45, 7) is 4.66. The quantitative estimate of drug-likeness (QED) is 0.843. The smallest absolute Gasteiger partial charge is 0.251 e. The van der Waals surface area contributed by atoms with Crippen molar-refractivity contribution in [3.8, 4) is 0 Å². The number of benzene rings is 2. The number of rotatable bonds is 5. The van der Waals surface area contributed by atoms with Gasteiger partial charge in [0.15, 0.2) is 0 Å². The van der Waals surface area contributed by atoms with Crippen molar-refractivity contribution in [2.24, 2.45) is 0 Å². The zero-order valence-corrected chi connectivity index (χ0v) is 13.8. The Balaban J connectivity index is 2.02. The van der Waals surface area contributed by atoms with E-state index in [1.807, 2.05) is 43.3 Å². The highest BCUT2D eigenvalue weighted by atomic mass is 79.9. The number of halogens is 1. The minimum absolute atomic E-state index is 0.0370. The monoisotopic (exact) mass is 346 g/mol. The second-order valence-electron chi connectivity index (χ2n) is 4.85. The molecule has 0 fully saturated rings. The van der Waals surface area contributed by atoms with E-state index in [2.05, 4.69) is 45.6 Å². The van der Waals surface area contributed by atoms with Crippen molar-refractivity contribution < 1.29 is 4.79 Å². The number of amides is 1. The number of carbonyl (C=O) groups excluding carboxylic acids is 1. The summed E-state index contributed by atoms with van der Waals surface area (Å²) < 4.78 is 1.07. The molecule has 0 spiro atoms. The average molecular weight is 347 g/mol. The predicted octanol–water partition coefficient (Wildman–Crippen LogP) is 4.37. The molecule has 4 heteroatoms. The molecule has 2 aromatic rings. The first-order chi connectivity index (χ1) is 10.1. The maximum Gasteiger partial charge on any atom is 0.251 e. The molecule has 2 rings (SSSR count). The maximum atomic E-state index is 11.7. The van der Waals surface area contributed by atoms with Gasteiger partial charge in [-0.15, -0.1) is 0 Å². The summed E-state index contributed by atoms with van der Waals surface area (Å²) in [7, 11) is 0. The van der Waals surface area contributed by atoms with Crippen LogP contribution < -0.4 is 10.6 Å². The molecule has 0 radical (unpaired) electrons. The van der Waals surface area contributed by atoms with Crippen LogP contribution in [0.25, 0.3) is 0 Å². The van der Waals surface area contributed by atoms with Crippen molar-refractivity contribution in [1.29, 1.82) is 0 Å². The molecule has 0 aromatic heterocycles. The second-order valence-corrected chi connectivity index (χ2v) is 5.77. The van der Waals surface area contributed by atoms with E-state index in [-0.39, 0.29) is 11.9 Å². The first kappa shape index (κ1) is 15.6. The van der Waals surface area contributed by atoms with Gasteiger partial charge >= 0.3 is 0 Å². The fourth-order valence-corrected chi connectivity index (χ4v) is 2.33. The lowest BCUT2D eigenvalue weighted by Gasteiger charge is -2.16. The Kier molecular flexibility index (Phi) is 5.39. The summed E-state index contributed by atoms with van der Waals surface area (Å²) in [5.74, 6) is -0.0370. The number of carbonyl (C=O) groups is 1. The first-order valence-electron chi connectivity index (χ1n) is 7.00. The Morgan fingerprint density at radius 3 is 2.29 bits per heavy atom. The van der Waals surface area contributed by atoms with Crippen molar-refractivity contribution >= 4 is 27.5 Å². The SMILES string of the molecule is CCNC(=O)c1ccc(NC(C)c2ccc(Br)cc2)cc1. The van der Waals surface area contributed by atoms with Gasteiger partial charge < -0.3 is 10.6 Å². The standard InChI is InChI=1S/C17H19BrN2O/c1-3-19-17(21)14-6-10-16(11-7-14)20-12(2)13-4-8-15(18)9-5-13/h4-12,20H,3H2,1-2H3,(H,19,21). The fraction of sp³-hybridized carbons (Fsp3) is 0.235. The van der Waals surface area contributed by atoms with Crippen LogP contribution in [0, 0.1) is 0 Å². The van der Waals surface area contributed by atoms with Crippen LogP contribution in [0.5, 0.6) is 0 Å². The van der Waals surface area contributed by atoms with E-state index < -0.39 is 0 Å². The molecule has 2 N–H and O–H groups in total. The molecular formula is C17H19BrN2O. The average Bonchev–Trinajstić information content (AvgIpc) is 2.49.